The van der Waals surface area contributed by atoms with Crippen LogP contribution in [-0.2, 0) is 10.8 Å². The van der Waals surface area contributed by atoms with E-state index in [1.54, 1.807) is 0 Å². The number of hydrogen-bond acceptors (Lipinski definition) is 4. The molecule has 25 heavy (non-hydrogen) atoms. The number of nitrogens with zero attached hydrogens (tertiary/aromatic N) is 1. The summed E-state index contributed by atoms with van der Waals surface area (Å²) >= 11 is 0. The van der Waals surface area contributed by atoms with E-state index in [2.05, 4.69) is 63.9 Å². The Hall–Kier alpha value is -1.10. The third-order valence-electron chi connectivity index (χ3n) is 5.13. The van der Waals surface area contributed by atoms with Gasteiger partial charge in [-0.25, -0.2) is 0 Å². The second-order valence-corrected chi connectivity index (χ2v) is 9.28. The SMILES string of the molecule is CC(C)(C)c1cc([C@H](CCO)N2CCNCC2)cc(C(C)(C)C)c1O. The Bertz CT molecular complexity index is 544. The van der Waals surface area contributed by atoms with Crippen molar-refractivity contribution in [1.29, 1.82) is 0 Å². The van der Waals surface area contributed by atoms with E-state index >= 15 is 0 Å². The van der Waals surface area contributed by atoms with Crippen molar-refractivity contribution < 1.29 is 10.2 Å². The zero-order valence-corrected chi connectivity index (χ0v) is 16.8. The van der Waals surface area contributed by atoms with Gasteiger partial charge < -0.3 is 15.5 Å². The number of rotatable bonds is 4. The molecule has 0 spiro atoms. The molecule has 0 amide bonds. The van der Waals surface area contributed by atoms with Crippen LogP contribution in [0.25, 0.3) is 0 Å². The fourth-order valence-corrected chi connectivity index (χ4v) is 3.67. The van der Waals surface area contributed by atoms with Gasteiger partial charge in [0, 0.05) is 38.8 Å². The Morgan fingerprint density at radius 1 is 1.00 bits per heavy atom. The quantitative estimate of drug-likeness (QED) is 0.781. The third-order valence-corrected chi connectivity index (χ3v) is 5.13. The molecular weight excluding hydrogens is 312 g/mol. The first-order chi connectivity index (χ1) is 11.6. The van der Waals surface area contributed by atoms with Crippen LogP contribution in [0.2, 0.25) is 0 Å². The van der Waals surface area contributed by atoms with Crippen LogP contribution < -0.4 is 5.32 Å². The molecule has 1 saturated heterocycles. The van der Waals surface area contributed by atoms with Gasteiger partial charge in [-0.15, -0.1) is 0 Å². The molecule has 0 aromatic heterocycles. The normalized spacial score (nSPS) is 18.4. The van der Waals surface area contributed by atoms with Crippen molar-refractivity contribution in [3.05, 3.63) is 28.8 Å². The maximum Gasteiger partial charge on any atom is 0.123 e. The van der Waals surface area contributed by atoms with Crippen LogP contribution in [0.5, 0.6) is 5.75 Å². The zero-order chi connectivity index (χ0) is 18.8. The Morgan fingerprint density at radius 3 is 1.88 bits per heavy atom. The van der Waals surface area contributed by atoms with Gasteiger partial charge >= 0.3 is 0 Å². The van der Waals surface area contributed by atoms with E-state index in [1.165, 1.54) is 5.56 Å². The number of phenols is 1. The highest BCUT2D eigenvalue weighted by Gasteiger charge is 2.30. The lowest BCUT2D eigenvalue weighted by Crippen LogP contribution is -2.45. The Labute approximate surface area is 153 Å². The number of hydrogen-bond donors (Lipinski definition) is 3. The Kier molecular flexibility index (Phi) is 6.18. The van der Waals surface area contributed by atoms with Crippen molar-refractivity contribution in [3.63, 3.8) is 0 Å². The van der Waals surface area contributed by atoms with Crippen LogP contribution in [0.15, 0.2) is 12.1 Å². The Balaban J connectivity index is 2.57. The number of aliphatic hydroxyl groups is 1. The second-order valence-electron chi connectivity index (χ2n) is 9.28. The number of phenolic OH excluding ortho intramolecular Hbond substituents is 1. The van der Waals surface area contributed by atoms with Crippen LogP contribution in [0.4, 0.5) is 0 Å². The van der Waals surface area contributed by atoms with E-state index in [-0.39, 0.29) is 23.5 Å². The lowest BCUT2D eigenvalue weighted by molar-refractivity contribution is 0.141. The van der Waals surface area contributed by atoms with Crippen molar-refractivity contribution in [2.75, 3.05) is 32.8 Å². The smallest absolute Gasteiger partial charge is 0.123 e. The molecule has 1 atom stereocenters. The van der Waals surface area contributed by atoms with Gasteiger partial charge in [0.25, 0.3) is 0 Å². The van der Waals surface area contributed by atoms with E-state index in [0.717, 1.165) is 43.7 Å². The summed E-state index contributed by atoms with van der Waals surface area (Å²) in [5.74, 6) is 0.423. The molecule has 0 aliphatic carbocycles. The molecule has 4 nitrogen and oxygen atoms in total. The number of nitrogens with one attached hydrogen (secondary N) is 1. The van der Waals surface area contributed by atoms with Crippen LogP contribution in [-0.4, -0.2) is 47.9 Å². The summed E-state index contributed by atoms with van der Waals surface area (Å²) in [6, 6.07) is 4.51. The maximum atomic E-state index is 10.9. The van der Waals surface area contributed by atoms with Gasteiger partial charge in [-0.1, -0.05) is 41.5 Å². The van der Waals surface area contributed by atoms with Gasteiger partial charge in [-0.05, 0) is 46.1 Å². The van der Waals surface area contributed by atoms with E-state index in [9.17, 15) is 10.2 Å². The fraction of sp³-hybridized carbons (Fsp3) is 0.714. The number of aromatic hydroxyl groups is 1. The standard InChI is InChI=1S/C21H36N2O2/c1-20(2,3)16-13-15(14-17(19(16)25)21(4,5)6)18(7-12-24)23-10-8-22-9-11-23/h13-14,18,22,24-25H,7-12H2,1-6H3/t18-/m0/s1. The minimum atomic E-state index is -0.132. The predicted molar refractivity (Wildman–Crippen MR) is 104 cm³/mol. The Morgan fingerprint density at radius 2 is 1.48 bits per heavy atom. The van der Waals surface area contributed by atoms with Crippen molar-refractivity contribution in [2.24, 2.45) is 0 Å². The minimum absolute atomic E-state index is 0.132. The van der Waals surface area contributed by atoms with Gasteiger partial charge in [0.15, 0.2) is 0 Å². The van der Waals surface area contributed by atoms with Gasteiger partial charge in [0.1, 0.15) is 5.75 Å². The van der Waals surface area contributed by atoms with Crippen molar-refractivity contribution in [2.45, 2.75) is 64.8 Å². The molecular formula is C21H36N2O2. The molecule has 142 valence electrons. The first kappa shape index (κ1) is 20.2. The minimum Gasteiger partial charge on any atom is -0.507 e. The highest BCUT2D eigenvalue weighted by molar-refractivity contribution is 5.50. The van der Waals surface area contributed by atoms with E-state index in [4.69, 9.17) is 0 Å². The highest BCUT2D eigenvalue weighted by atomic mass is 16.3. The summed E-state index contributed by atoms with van der Waals surface area (Å²) in [4.78, 5) is 2.46. The molecule has 1 fully saturated rings. The molecule has 1 aromatic rings. The van der Waals surface area contributed by atoms with E-state index in [1.807, 2.05) is 0 Å². The molecule has 4 heteroatoms. The average molecular weight is 349 g/mol. The molecule has 1 heterocycles. The predicted octanol–water partition coefficient (Wildman–Crippen LogP) is 3.32. The molecule has 0 saturated carbocycles. The fourth-order valence-electron chi connectivity index (χ4n) is 3.67. The van der Waals surface area contributed by atoms with Crippen molar-refractivity contribution >= 4 is 0 Å². The average Bonchev–Trinajstić information content (AvgIpc) is 2.51. The largest absolute Gasteiger partial charge is 0.507 e. The summed E-state index contributed by atoms with van der Waals surface area (Å²) in [5, 5.41) is 24.0. The number of aliphatic hydroxyl groups excluding tert-OH is 1. The zero-order valence-electron chi connectivity index (χ0n) is 16.8. The molecule has 1 aliphatic heterocycles. The van der Waals surface area contributed by atoms with E-state index in [0.29, 0.717) is 5.75 Å². The maximum absolute atomic E-state index is 10.9. The lowest BCUT2D eigenvalue weighted by Gasteiger charge is -2.37. The monoisotopic (exact) mass is 348 g/mol. The molecule has 0 unspecified atom stereocenters. The number of piperazine rings is 1. The number of benzene rings is 1. The molecule has 2 rings (SSSR count). The van der Waals surface area contributed by atoms with Gasteiger partial charge in [-0.3, -0.25) is 4.90 Å². The summed E-state index contributed by atoms with van der Waals surface area (Å²) in [6.07, 6.45) is 0.720. The summed E-state index contributed by atoms with van der Waals surface area (Å²) in [7, 11) is 0. The first-order valence-electron chi connectivity index (χ1n) is 9.49. The highest BCUT2D eigenvalue weighted by Crippen LogP contribution is 2.42. The van der Waals surface area contributed by atoms with Crippen LogP contribution in [0, 0.1) is 0 Å². The van der Waals surface area contributed by atoms with Crippen molar-refractivity contribution in [3.8, 4) is 5.75 Å². The first-order valence-corrected chi connectivity index (χ1v) is 9.49. The van der Waals surface area contributed by atoms with Crippen LogP contribution in [0.3, 0.4) is 0 Å². The van der Waals surface area contributed by atoms with Gasteiger partial charge in [0.05, 0.1) is 0 Å². The van der Waals surface area contributed by atoms with E-state index < -0.39 is 0 Å². The molecule has 0 bridgehead atoms. The molecule has 1 aromatic carbocycles. The van der Waals surface area contributed by atoms with Crippen LogP contribution in [0.1, 0.15) is 70.7 Å². The molecule has 3 N–H and O–H groups in total. The molecule has 0 radical (unpaired) electrons. The van der Waals surface area contributed by atoms with Crippen molar-refractivity contribution in [1.82, 2.24) is 10.2 Å². The third kappa shape index (κ3) is 4.75. The molecule has 1 aliphatic rings. The summed E-state index contributed by atoms with van der Waals surface area (Å²) in [5.41, 5.74) is 2.94. The van der Waals surface area contributed by atoms with Crippen LogP contribution >= 0.6 is 0 Å². The lowest BCUT2D eigenvalue weighted by atomic mass is 9.77. The van der Waals surface area contributed by atoms with Gasteiger partial charge in [-0.2, -0.15) is 0 Å². The second kappa shape index (κ2) is 7.65. The topological polar surface area (TPSA) is 55.7 Å². The summed E-state index contributed by atoms with van der Waals surface area (Å²) in [6.45, 7) is 17.0. The summed E-state index contributed by atoms with van der Waals surface area (Å²) < 4.78 is 0. The van der Waals surface area contributed by atoms with Gasteiger partial charge in [0.2, 0.25) is 0 Å².